The van der Waals surface area contributed by atoms with Crippen molar-refractivity contribution in [2.75, 3.05) is 43.4 Å². The maximum atomic E-state index is 4.27. The summed E-state index contributed by atoms with van der Waals surface area (Å²) in [6, 6.07) is 2.82. The molecule has 4 heteroatoms. The van der Waals surface area contributed by atoms with E-state index in [9.17, 15) is 0 Å². The Balaban J connectivity index is 2.00. The van der Waals surface area contributed by atoms with Gasteiger partial charge in [-0.05, 0) is 19.9 Å². The molecule has 1 N–H and O–H groups in total. The summed E-state index contributed by atoms with van der Waals surface area (Å²) in [4.78, 5) is 9.20. The minimum Gasteiger partial charge on any atom is -0.387 e. The smallest absolute Gasteiger partial charge is 0.0574 e. The SMILES string of the molecule is CNc1cncc(N2CCN(C(C)C)CC2)c1. The van der Waals surface area contributed by atoms with E-state index in [0.29, 0.717) is 6.04 Å². The number of hydrogen-bond donors (Lipinski definition) is 1. The molecule has 0 atom stereocenters. The maximum absolute atomic E-state index is 4.27. The molecule has 0 saturated carbocycles. The molecule has 0 spiro atoms. The van der Waals surface area contributed by atoms with E-state index in [0.717, 1.165) is 31.9 Å². The van der Waals surface area contributed by atoms with Crippen LogP contribution in [0.2, 0.25) is 0 Å². The second-order valence-electron chi connectivity index (χ2n) is 4.80. The third-order valence-electron chi connectivity index (χ3n) is 3.42. The second kappa shape index (κ2) is 5.36. The lowest BCUT2D eigenvalue weighted by atomic mass is 10.2. The molecule has 4 nitrogen and oxygen atoms in total. The molecule has 1 fully saturated rings. The largest absolute Gasteiger partial charge is 0.387 e. The number of hydrogen-bond acceptors (Lipinski definition) is 4. The van der Waals surface area contributed by atoms with Gasteiger partial charge in [0.1, 0.15) is 0 Å². The predicted octanol–water partition coefficient (Wildman–Crippen LogP) is 1.65. The zero-order chi connectivity index (χ0) is 12.3. The van der Waals surface area contributed by atoms with Gasteiger partial charge in [-0.3, -0.25) is 9.88 Å². The Hall–Kier alpha value is -1.29. The van der Waals surface area contributed by atoms with Crippen LogP contribution in [-0.4, -0.2) is 49.2 Å². The van der Waals surface area contributed by atoms with Crippen LogP contribution in [0.4, 0.5) is 11.4 Å². The first kappa shape index (κ1) is 12.2. The van der Waals surface area contributed by atoms with Gasteiger partial charge in [-0.25, -0.2) is 0 Å². The summed E-state index contributed by atoms with van der Waals surface area (Å²) in [5.74, 6) is 0. The summed E-state index contributed by atoms with van der Waals surface area (Å²) in [7, 11) is 1.93. The highest BCUT2D eigenvalue weighted by molar-refractivity contribution is 5.55. The number of nitrogens with zero attached hydrogens (tertiary/aromatic N) is 3. The van der Waals surface area contributed by atoms with Crippen molar-refractivity contribution in [3.63, 3.8) is 0 Å². The summed E-state index contributed by atoms with van der Waals surface area (Å²) < 4.78 is 0. The van der Waals surface area contributed by atoms with Crippen LogP contribution in [0.3, 0.4) is 0 Å². The Morgan fingerprint density at radius 3 is 2.47 bits per heavy atom. The summed E-state index contributed by atoms with van der Waals surface area (Å²) in [6.45, 7) is 8.99. The van der Waals surface area contributed by atoms with Gasteiger partial charge in [-0.1, -0.05) is 0 Å². The van der Waals surface area contributed by atoms with Crippen molar-refractivity contribution < 1.29 is 0 Å². The topological polar surface area (TPSA) is 31.4 Å². The Kier molecular flexibility index (Phi) is 3.84. The average Bonchev–Trinajstić information content (AvgIpc) is 2.39. The van der Waals surface area contributed by atoms with Gasteiger partial charge in [0.05, 0.1) is 23.8 Å². The van der Waals surface area contributed by atoms with Gasteiger partial charge in [0.15, 0.2) is 0 Å². The van der Waals surface area contributed by atoms with Crippen LogP contribution in [0, 0.1) is 0 Å². The fourth-order valence-corrected chi connectivity index (χ4v) is 2.23. The molecule has 1 aliphatic rings. The van der Waals surface area contributed by atoms with E-state index in [1.54, 1.807) is 0 Å². The fourth-order valence-electron chi connectivity index (χ4n) is 2.23. The zero-order valence-corrected chi connectivity index (χ0v) is 11.0. The van der Waals surface area contributed by atoms with Crippen molar-refractivity contribution in [2.24, 2.45) is 0 Å². The molecule has 2 rings (SSSR count). The lowest BCUT2D eigenvalue weighted by Gasteiger charge is -2.38. The summed E-state index contributed by atoms with van der Waals surface area (Å²) in [6.07, 6.45) is 3.81. The van der Waals surface area contributed by atoms with Crippen LogP contribution in [0.15, 0.2) is 18.5 Å². The average molecular weight is 234 g/mol. The molecule has 1 aromatic heterocycles. The predicted molar refractivity (Wildman–Crippen MR) is 72.7 cm³/mol. The molecule has 17 heavy (non-hydrogen) atoms. The van der Waals surface area contributed by atoms with Crippen molar-refractivity contribution in [3.8, 4) is 0 Å². The van der Waals surface area contributed by atoms with E-state index in [1.165, 1.54) is 5.69 Å². The maximum Gasteiger partial charge on any atom is 0.0574 e. The van der Waals surface area contributed by atoms with Crippen molar-refractivity contribution in [3.05, 3.63) is 18.5 Å². The molecule has 1 aliphatic heterocycles. The molecule has 0 aliphatic carbocycles. The van der Waals surface area contributed by atoms with E-state index >= 15 is 0 Å². The van der Waals surface area contributed by atoms with Crippen molar-refractivity contribution in [1.29, 1.82) is 0 Å². The normalized spacial score (nSPS) is 17.5. The zero-order valence-electron chi connectivity index (χ0n) is 11.0. The molecule has 1 aromatic rings. The summed E-state index contributed by atoms with van der Waals surface area (Å²) in [5.41, 5.74) is 2.30. The quantitative estimate of drug-likeness (QED) is 0.862. The van der Waals surface area contributed by atoms with Crippen LogP contribution in [0.5, 0.6) is 0 Å². The van der Waals surface area contributed by atoms with E-state index in [2.05, 4.69) is 40.0 Å². The van der Waals surface area contributed by atoms with E-state index in [-0.39, 0.29) is 0 Å². The van der Waals surface area contributed by atoms with E-state index in [4.69, 9.17) is 0 Å². The minimum absolute atomic E-state index is 0.652. The van der Waals surface area contributed by atoms with Gasteiger partial charge in [0.25, 0.3) is 0 Å². The van der Waals surface area contributed by atoms with Crippen molar-refractivity contribution >= 4 is 11.4 Å². The lowest BCUT2D eigenvalue weighted by molar-refractivity contribution is 0.209. The Bertz CT molecular complexity index is 356. The first-order chi connectivity index (χ1) is 8.20. The van der Waals surface area contributed by atoms with Crippen LogP contribution < -0.4 is 10.2 Å². The van der Waals surface area contributed by atoms with Gasteiger partial charge in [-0.2, -0.15) is 0 Å². The Labute approximate surface area is 104 Å². The molecule has 0 amide bonds. The summed E-state index contributed by atoms with van der Waals surface area (Å²) >= 11 is 0. The highest BCUT2D eigenvalue weighted by Crippen LogP contribution is 2.19. The molecule has 0 aromatic carbocycles. The lowest BCUT2D eigenvalue weighted by Crippen LogP contribution is -2.48. The second-order valence-corrected chi connectivity index (χ2v) is 4.80. The molecular weight excluding hydrogens is 212 g/mol. The molecular formula is C13H22N4. The van der Waals surface area contributed by atoms with Crippen molar-refractivity contribution in [1.82, 2.24) is 9.88 Å². The molecule has 2 heterocycles. The summed E-state index contributed by atoms with van der Waals surface area (Å²) in [5, 5.41) is 3.13. The molecule has 1 saturated heterocycles. The monoisotopic (exact) mass is 234 g/mol. The van der Waals surface area contributed by atoms with E-state index in [1.807, 2.05) is 19.4 Å². The standard InChI is InChI=1S/C13H22N4/c1-11(2)16-4-6-17(7-5-16)13-8-12(14-3)9-15-10-13/h8-11,14H,4-7H2,1-3H3. The highest BCUT2D eigenvalue weighted by atomic mass is 15.3. The van der Waals surface area contributed by atoms with Crippen molar-refractivity contribution in [2.45, 2.75) is 19.9 Å². The van der Waals surface area contributed by atoms with Gasteiger partial charge in [0.2, 0.25) is 0 Å². The number of piperazine rings is 1. The van der Waals surface area contributed by atoms with Crippen LogP contribution >= 0.6 is 0 Å². The minimum atomic E-state index is 0.652. The Morgan fingerprint density at radius 1 is 1.18 bits per heavy atom. The highest BCUT2D eigenvalue weighted by Gasteiger charge is 2.19. The molecule has 0 radical (unpaired) electrons. The number of rotatable bonds is 3. The van der Waals surface area contributed by atoms with Crippen LogP contribution in [0.1, 0.15) is 13.8 Å². The molecule has 0 bridgehead atoms. The first-order valence-corrected chi connectivity index (χ1v) is 6.32. The number of aromatic nitrogens is 1. The number of pyridine rings is 1. The third-order valence-corrected chi connectivity index (χ3v) is 3.42. The van der Waals surface area contributed by atoms with Gasteiger partial charge >= 0.3 is 0 Å². The first-order valence-electron chi connectivity index (χ1n) is 6.32. The van der Waals surface area contributed by atoms with Gasteiger partial charge < -0.3 is 10.2 Å². The third kappa shape index (κ3) is 2.88. The van der Waals surface area contributed by atoms with Crippen LogP contribution in [-0.2, 0) is 0 Å². The number of anilines is 2. The molecule has 94 valence electrons. The Morgan fingerprint density at radius 2 is 1.88 bits per heavy atom. The van der Waals surface area contributed by atoms with Crippen LogP contribution in [0.25, 0.3) is 0 Å². The van der Waals surface area contributed by atoms with Gasteiger partial charge in [0, 0.05) is 39.3 Å². The molecule has 0 unspecified atom stereocenters. The number of nitrogens with one attached hydrogen (secondary N) is 1. The fraction of sp³-hybridized carbons (Fsp3) is 0.615. The van der Waals surface area contributed by atoms with E-state index < -0.39 is 0 Å². The van der Waals surface area contributed by atoms with Gasteiger partial charge in [-0.15, -0.1) is 0 Å².